The summed E-state index contributed by atoms with van der Waals surface area (Å²) in [5.74, 6) is 0. The molecule has 0 aliphatic rings. The number of hydrogen-bond donors (Lipinski definition) is 0. The van der Waals surface area contributed by atoms with Crippen LogP contribution in [0.1, 0.15) is 130 Å². The summed E-state index contributed by atoms with van der Waals surface area (Å²) in [5.41, 5.74) is 10.5. The van der Waals surface area contributed by atoms with Crippen LogP contribution in [0.5, 0.6) is 0 Å². The monoisotopic (exact) mass is 553 g/mol. The second kappa shape index (κ2) is 11.6. The molecule has 3 aromatic rings. The second-order valence-electron chi connectivity index (χ2n) is 16.8. The number of nitrogens with zero attached hydrogens (tertiary/aromatic N) is 1. The SMILES string of the molecule is CN(CCC(C)(C)c1ccc(CC(C)(C)c2ccccc2C(C)(C)C)c(C(C)(C)C)c1)c1ccc(C(C)(C)C)cc1. The minimum atomic E-state index is 0.0339. The van der Waals surface area contributed by atoms with Gasteiger partial charge < -0.3 is 4.90 Å². The Morgan fingerprint density at radius 2 is 1.02 bits per heavy atom. The van der Waals surface area contributed by atoms with Gasteiger partial charge in [-0.2, -0.15) is 0 Å². The minimum absolute atomic E-state index is 0.0339. The molecule has 0 N–H and O–H groups in total. The number of hydrogen-bond acceptors (Lipinski definition) is 1. The molecule has 0 fully saturated rings. The lowest BCUT2D eigenvalue weighted by molar-refractivity contribution is 0.471. The van der Waals surface area contributed by atoms with E-state index >= 15 is 0 Å². The van der Waals surface area contributed by atoms with Gasteiger partial charge in [-0.1, -0.05) is 145 Å². The Labute approximate surface area is 253 Å². The van der Waals surface area contributed by atoms with Crippen molar-refractivity contribution in [2.45, 2.75) is 130 Å². The maximum absolute atomic E-state index is 2.53. The third-order valence-corrected chi connectivity index (χ3v) is 9.04. The molecule has 1 nitrogen and oxygen atoms in total. The third kappa shape index (κ3) is 8.06. The van der Waals surface area contributed by atoms with Crippen LogP contribution >= 0.6 is 0 Å². The van der Waals surface area contributed by atoms with E-state index in [1.807, 2.05) is 0 Å². The van der Waals surface area contributed by atoms with Gasteiger partial charge in [0.2, 0.25) is 0 Å². The standard InChI is InChI=1S/C40H59N/c1-36(2,3)30-21-23-32(24-22-30)41(14)26-25-39(10,11)31-20-19-29(35(27-31)38(7,8)9)28-40(12,13)34-18-16-15-17-33(34)37(4,5)6/h15-24,27H,25-26,28H2,1-14H3. The molecule has 0 spiro atoms. The van der Waals surface area contributed by atoms with Crippen molar-refractivity contribution in [1.29, 1.82) is 0 Å². The maximum atomic E-state index is 2.53. The molecule has 0 bridgehead atoms. The van der Waals surface area contributed by atoms with Gasteiger partial charge in [-0.3, -0.25) is 0 Å². The third-order valence-electron chi connectivity index (χ3n) is 9.04. The number of anilines is 1. The predicted octanol–water partition coefficient (Wildman–Crippen LogP) is 10.9. The van der Waals surface area contributed by atoms with E-state index in [1.165, 1.54) is 39.1 Å². The Balaban J connectivity index is 1.86. The fourth-order valence-corrected chi connectivity index (χ4v) is 6.08. The number of rotatable bonds is 8. The molecule has 0 unspecified atom stereocenters. The Hall–Kier alpha value is -2.54. The van der Waals surface area contributed by atoms with Gasteiger partial charge in [-0.25, -0.2) is 0 Å². The van der Waals surface area contributed by atoms with E-state index in [2.05, 4.69) is 169 Å². The van der Waals surface area contributed by atoms with Gasteiger partial charge >= 0.3 is 0 Å². The van der Waals surface area contributed by atoms with Gasteiger partial charge in [0.15, 0.2) is 0 Å². The molecule has 0 amide bonds. The normalized spacial score (nSPS) is 13.4. The Kier molecular flexibility index (Phi) is 9.34. The molecule has 3 rings (SSSR count). The molecular formula is C40H59N. The highest BCUT2D eigenvalue weighted by atomic mass is 15.1. The number of benzene rings is 3. The van der Waals surface area contributed by atoms with Crippen LogP contribution in [0.3, 0.4) is 0 Å². The lowest BCUT2D eigenvalue weighted by atomic mass is 9.69. The van der Waals surface area contributed by atoms with Crippen LogP contribution in [0.2, 0.25) is 0 Å². The van der Waals surface area contributed by atoms with Crippen molar-refractivity contribution in [3.05, 3.63) is 100 Å². The summed E-state index contributed by atoms with van der Waals surface area (Å²) >= 11 is 0. The van der Waals surface area contributed by atoms with Gasteiger partial charge in [-0.15, -0.1) is 0 Å². The molecular weight excluding hydrogens is 494 g/mol. The van der Waals surface area contributed by atoms with E-state index in [1.54, 1.807) is 0 Å². The molecule has 0 aromatic heterocycles. The quantitative estimate of drug-likeness (QED) is 0.268. The molecule has 0 saturated heterocycles. The highest BCUT2D eigenvalue weighted by Gasteiger charge is 2.31. The minimum Gasteiger partial charge on any atom is -0.375 e. The van der Waals surface area contributed by atoms with E-state index in [0.29, 0.717) is 0 Å². The Morgan fingerprint density at radius 3 is 1.54 bits per heavy atom. The molecule has 0 radical (unpaired) electrons. The van der Waals surface area contributed by atoms with Crippen molar-refractivity contribution < 1.29 is 0 Å². The average Bonchev–Trinajstić information content (AvgIpc) is 2.85. The molecule has 0 saturated carbocycles. The van der Waals surface area contributed by atoms with Gasteiger partial charge in [0.1, 0.15) is 0 Å². The predicted molar refractivity (Wildman–Crippen MR) is 183 cm³/mol. The first kappa shape index (κ1) is 33.0. The summed E-state index contributed by atoms with van der Waals surface area (Å²) < 4.78 is 0. The zero-order valence-electron chi connectivity index (χ0n) is 28.9. The average molecular weight is 554 g/mol. The van der Waals surface area contributed by atoms with E-state index in [4.69, 9.17) is 0 Å². The van der Waals surface area contributed by atoms with Gasteiger partial charge in [0, 0.05) is 19.3 Å². The fourth-order valence-electron chi connectivity index (χ4n) is 6.08. The van der Waals surface area contributed by atoms with Crippen LogP contribution in [-0.4, -0.2) is 13.6 Å². The molecule has 0 aliphatic heterocycles. The first-order chi connectivity index (χ1) is 18.6. The molecule has 3 aromatic carbocycles. The summed E-state index contributed by atoms with van der Waals surface area (Å²) in [6, 6.07) is 25.6. The fraction of sp³-hybridized carbons (Fsp3) is 0.550. The van der Waals surface area contributed by atoms with E-state index in [9.17, 15) is 0 Å². The highest BCUT2D eigenvalue weighted by molar-refractivity contribution is 5.48. The summed E-state index contributed by atoms with van der Waals surface area (Å²) in [7, 11) is 2.23. The van der Waals surface area contributed by atoms with Crippen molar-refractivity contribution >= 4 is 5.69 Å². The van der Waals surface area contributed by atoms with E-state index in [-0.39, 0.29) is 27.1 Å². The molecule has 41 heavy (non-hydrogen) atoms. The van der Waals surface area contributed by atoms with Crippen molar-refractivity contribution in [3.8, 4) is 0 Å². The summed E-state index contributed by atoms with van der Waals surface area (Å²) in [6.07, 6.45) is 2.12. The van der Waals surface area contributed by atoms with E-state index < -0.39 is 0 Å². The summed E-state index contributed by atoms with van der Waals surface area (Å²) in [5, 5.41) is 0. The van der Waals surface area contributed by atoms with Gasteiger partial charge in [0.25, 0.3) is 0 Å². The second-order valence-corrected chi connectivity index (χ2v) is 16.8. The summed E-state index contributed by atoms with van der Waals surface area (Å²) in [4.78, 5) is 2.41. The van der Waals surface area contributed by atoms with Crippen LogP contribution < -0.4 is 4.90 Å². The first-order valence-electron chi connectivity index (χ1n) is 15.7. The van der Waals surface area contributed by atoms with Crippen LogP contribution in [0.4, 0.5) is 5.69 Å². The molecule has 0 heterocycles. The van der Waals surface area contributed by atoms with Crippen LogP contribution in [0.15, 0.2) is 66.7 Å². The lowest BCUT2D eigenvalue weighted by Crippen LogP contribution is -2.29. The lowest BCUT2D eigenvalue weighted by Gasteiger charge is -2.35. The maximum Gasteiger partial charge on any atom is 0.0363 e. The van der Waals surface area contributed by atoms with Crippen LogP contribution in [0, 0.1) is 0 Å². The summed E-state index contributed by atoms with van der Waals surface area (Å²) in [6.45, 7) is 31.6. The van der Waals surface area contributed by atoms with Crippen LogP contribution in [-0.2, 0) is 33.5 Å². The van der Waals surface area contributed by atoms with Crippen molar-refractivity contribution in [1.82, 2.24) is 0 Å². The van der Waals surface area contributed by atoms with E-state index in [0.717, 1.165) is 19.4 Å². The van der Waals surface area contributed by atoms with Gasteiger partial charge in [0.05, 0.1) is 0 Å². The molecule has 0 atom stereocenters. The van der Waals surface area contributed by atoms with Crippen molar-refractivity contribution in [2.75, 3.05) is 18.5 Å². The van der Waals surface area contributed by atoms with Gasteiger partial charge in [-0.05, 0) is 85.4 Å². The molecule has 0 aliphatic carbocycles. The van der Waals surface area contributed by atoms with Crippen molar-refractivity contribution in [2.24, 2.45) is 0 Å². The first-order valence-corrected chi connectivity index (χ1v) is 15.7. The van der Waals surface area contributed by atoms with Crippen molar-refractivity contribution in [3.63, 3.8) is 0 Å². The molecule has 1 heteroatoms. The topological polar surface area (TPSA) is 3.24 Å². The molecule has 224 valence electrons. The van der Waals surface area contributed by atoms with Crippen LogP contribution in [0.25, 0.3) is 0 Å². The zero-order valence-corrected chi connectivity index (χ0v) is 28.9. The largest absolute Gasteiger partial charge is 0.375 e. The Morgan fingerprint density at radius 1 is 0.512 bits per heavy atom. The smallest absolute Gasteiger partial charge is 0.0363 e. The Bertz CT molecular complexity index is 1300. The zero-order chi connectivity index (χ0) is 31.0. The highest BCUT2D eigenvalue weighted by Crippen LogP contribution is 2.40.